The Labute approximate surface area is 134 Å². The third-order valence-electron chi connectivity index (χ3n) is 5.55. The summed E-state index contributed by atoms with van der Waals surface area (Å²) in [5, 5.41) is 0. The summed E-state index contributed by atoms with van der Waals surface area (Å²) in [6, 6.07) is 10.4. The summed E-state index contributed by atoms with van der Waals surface area (Å²) in [5.41, 5.74) is 1.28. The molecule has 0 spiro atoms. The molecular formula is C20H28O2. The van der Waals surface area contributed by atoms with Gasteiger partial charge in [-0.3, -0.25) is 4.79 Å². The maximum Gasteiger partial charge on any atom is 0.309 e. The second-order valence-corrected chi connectivity index (χ2v) is 7.66. The summed E-state index contributed by atoms with van der Waals surface area (Å²) in [5.74, 6) is 2.32. The van der Waals surface area contributed by atoms with E-state index in [0.29, 0.717) is 23.7 Å². The Hall–Kier alpha value is -1.31. The Bertz CT molecular complexity index is 508. The largest absolute Gasteiger partial charge is 0.462 e. The van der Waals surface area contributed by atoms with E-state index >= 15 is 0 Å². The van der Waals surface area contributed by atoms with Gasteiger partial charge in [0.25, 0.3) is 0 Å². The van der Waals surface area contributed by atoms with Gasteiger partial charge in [0.15, 0.2) is 0 Å². The zero-order chi connectivity index (χ0) is 15.7. The predicted octanol–water partition coefficient (Wildman–Crippen LogP) is 4.79. The fourth-order valence-corrected chi connectivity index (χ4v) is 4.01. The van der Waals surface area contributed by atoms with Gasteiger partial charge in [0.05, 0.1) is 5.92 Å². The maximum absolute atomic E-state index is 12.5. The molecule has 5 atom stereocenters. The lowest BCUT2D eigenvalue weighted by atomic mass is 9.75. The first-order valence-corrected chi connectivity index (χ1v) is 8.81. The molecule has 0 amide bonds. The van der Waals surface area contributed by atoms with E-state index < -0.39 is 0 Å². The van der Waals surface area contributed by atoms with Crippen molar-refractivity contribution in [3.05, 3.63) is 35.9 Å². The Morgan fingerprint density at radius 1 is 1.14 bits per heavy atom. The van der Waals surface area contributed by atoms with Crippen LogP contribution in [0, 0.1) is 23.7 Å². The summed E-state index contributed by atoms with van der Waals surface area (Å²) in [4.78, 5) is 12.5. The number of benzene rings is 1. The van der Waals surface area contributed by atoms with E-state index in [0.717, 1.165) is 12.8 Å². The van der Waals surface area contributed by atoms with E-state index in [-0.39, 0.29) is 18.0 Å². The van der Waals surface area contributed by atoms with E-state index in [2.05, 4.69) is 32.9 Å². The number of esters is 1. The van der Waals surface area contributed by atoms with E-state index in [1.807, 2.05) is 18.2 Å². The van der Waals surface area contributed by atoms with Gasteiger partial charge in [0.1, 0.15) is 6.10 Å². The second kappa shape index (κ2) is 6.44. The first-order valence-electron chi connectivity index (χ1n) is 8.81. The predicted molar refractivity (Wildman–Crippen MR) is 88.5 cm³/mol. The zero-order valence-corrected chi connectivity index (χ0v) is 14.0. The molecule has 3 rings (SSSR count). The minimum Gasteiger partial charge on any atom is -0.462 e. The molecule has 0 aliphatic heterocycles. The van der Waals surface area contributed by atoms with Crippen LogP contribution in [-0.4, -0.2) is 12.1 Å². The van der Waals surface area contributed by atoms with Gasteiger partial charge in [-0.1, -0.05) is 57.5 Å². The molecule has 120 valence electrons. The average molecular weight is 300 g/mol. The molecular weight excluding hydrogens is 272 g/mol. The Kier molecular flexibility index (Phi) is 4.56. The van der Waals surface area contributed by atoms with Crippen LogP contribution in [0.4, 0.5) is 0 Å². The molecule has 0 N–H and O–H groups in total. The van der Waals surface area contributed by atoms with E-state index in [1.54, 1.807) is 0 Å². The average Bonchev–Trinajstić information content (AvgIpc) is 3.28. The van der Waals surface area contributed by atoms with Gasteiger partial charge in [-0.2, -0.15) is 0 Å². The van der Waals surface area contributed by atoms with Gasteiger partial charge in [-0.05, 0) is 48.5 Å². The van der Waals surface area contributed by atoms with Crippen LogP contribution < -0.4 is 0 Å². The molecule has 22 heavy (non-hydrogen) atoms. The lowest BCUT2D eigenvalue weighted by Gasteiger charge is -2.36. The van der Waals surface area contributed by atoms with Crippen molar-refractivity contribution in [1.29, 1.82) is 0 Å². The monoisotopic (exact) mass is 300 g/mol. The number of ether oxygens (including phenoxy) is 1. The third-order valence-corrected chi connectivity index (χ3v) is 5.55. The van der Waals surface area contributed by atoms with Crippen LogP contribution in [-0.2, 0) is 9.53 Å². The van der Waals surface area contributed by atoms with Crippen molar-refractivity contribution in [2.24, 2.45) is 23.7 Å². The van der Waals surface area contributed by atoms with E-state index in [1.165, 1.54) is 18.4 Å². The van der Waals surface area contributed by atoms with Crippen LogP contribution in [0.15, 0.2) is 30.3 Å². The highest BCUT2D eigenvalue weighted by Crippen LogP contribution is 2.49. The third kappa shape index (κ3) is 3.37. The molecule has 2 nitrogen and oxygen atoms in total. The standard InChI is InChI=1S/C20H28O2/c1-13(2)16-10-9-14(3)11-19(16)22-20(21)18-12-17(18)15-7-5-4-6-8-15/h4-8,13-14,16-19H,9-12H2,1-3H3/t14-,16?,17-,18+,19?/m1/s1. The minimum atomic E-state index is 0.0404. The molecule has 2 heteroatoms. The van der Waals surface area contributed by atoms with Gasteiger partial charge in [-0.15, -0.1) is 0 Å². The van der Waals surface area contributed by atoms with Crippen molar-refractivity contribution in [2.75, 3.05) is 0 Å². The number of rotatable bonds is 4. The summed E-state index contributed by atoms with van der Waals surface area (Å²) < 4.78 is 5.97. The Morgan fingerprint density at radius 3 is 2.55 bits per heavy atom. The molecule has 2 fully saturated rings. The van der Waals surface area contributed by atoms with Gasteiger partial charge < -0.3 is 4.74 Å². The Balaban J connectivity index is 1.59. The number of carbonyl (C=O) groups is 1. The van der Waals surface area contributed by atoms with Gasteiger partial charge in [-0.25, -0.2) is 0 Å². The van der Waals surface area contributed by atoms with Crippen LogP contribution in [0.1, 0.15) is 57.9 Å². The molecule has 0 saturated heterocycles. The maximum atomic E-state index is 12.5. The van der Waals surface area contributed by atoms with E-state index in [4.69, 9.17) is 4.74 Å². The van der Waals surface area contributed by atoms with E-state index in [9.17, 15) is 4.79 Å². The number of carbonyl (C=O) groups excluding carboxylic acids is 1. The highest BCUT2D eigenvalue weighted by molar-refractivity contribution is 5.77. The molecule has 1 aromatic carbocycles. The summed E-state index contributed by atoms with van der Waals surface area (Å²) >= 11 is 0. The van der Waals surface area contributed by atoms with Crippen LogP contribution in [0.2, 0.25) is 0 Å². The lowest BCUT2D eigenvalue weighted by Crippen LogP contribution is -2.36. The molecule has 0 heterocycles. The first-order chi connectivity index (χ1) is 10.6. The fraction of sp³-hybridized carbons (Fsp3) is 0.650. The van der Waals surface area contributed by atoms with Crippen molar-refractivity contribution < 1.29 is 9.53 Å². The highest BCUT2D eigenvalue weighted by Gasteiger charge is 2.46. The molecule has 2 aliphatic carbocycles. The van der Waals surface area contributed by atoms with Crippen molar-refractivity contribution >= 4 is 5.97 Å². The van der Waals surface area contributed by atoms with Crippen molar-refractivity contribution in [3.63, 3.8) is 0 Å². The lowest BCUT2D eigenvalue weighted by molar-refractivity contribution is -0.157. The summed E-state index contributed by atoms with van der Waals surface area (Å²) in [6.07, 6.45) is 4.60. The van der Waals surface area contributed by atoms with Gasteiger partial charge >= 0.3 is 5.97 Å². The molecule has 0 radical (unpaired) electrons. The smallest absolute Gasteiger partial charge is 0.309 e. The topological polar surface area (TPSA) is 26.3 Å². The minimum absolute atomic E-state index is 0.0404. The Morgan fingerprint density at radius 2 is 1.86 bits per heavy atom. The van der Waals surface area contributed by atoms with Gasteiger partial charge in [0, 0.05) is 0 Å². The van der Waals surface area contributed by atoms with Gasteiger partial charge in [0.2, 0.25) is 0 Å². The normalized spacial score (nSPS) is 34.5. The highest BCUT2D eigenvalue weighted by atomic mass is 16.5. The summed E-state index contributed by atoms with van der Waals surface area (Å²) in [7, 11) is 0. The SMILES string of the molecule is CC(C)C1CC[C@@H](C)CC1OC(=O)[C@H]1C[C@@H]1c1ccccc1. The molecule has 2 saturated carbocycles. The molecule has 2 aliphatic rings. The zero-order valence-electron chi connectivity index (χ0n) is 14.0. The van der Waals surface area contributed by atoms with Crippen LogP contribution in [0.5, 0.6) is 0 Å². The molecule has 0 aromatic heterocycles. The first kappa shape index (κ1) is 15.6. The molecule has 2 unspecified atom stereocenters. The van der Waals surface area contributed by atoms with Crippen molar-refractivity contribution in [3.8, 4) is 0 Å². The fourth-order valence-electron chi connectivity index (χ4n) is 4.01. The number of hydrogen-bond acceptors (Lipinski definition) is 2. The van der Waals surface area contributed by atoms with Crippen LogP contribution in [0.25, 0.3) is 0 Å². The molecule has 0 bridgehead atoms. The quantitative estimate of drug-likeness (QED) is 0.747. The van der Waals surface area contributed by atoms with Crippen LogP contribution in [0.3, 0.4) is 0 Å². The number of hydrogen-bond donors (Lipinski definition) is 0. The van der Waals surface area contributed by atoms with Crippen molar-refractivity contribution in [1.82, 2.24) is 0 Å². The second-order valence-electron chi connectivity index (χ2n) is 7.66. The molecule has 1 aromatic rings. The van der Waals surface area contributed by atoms with Crippen molar-refractivity contribution in [2.45, 2.75) is 58.5 Å². The van der Waals surface area contributed by atoms with Crippen LogP contribution >= 0.6 is 0 Å². The summed E-state index contributed by atoms with van der Waals surface area (Å²) in [6.45, 7) is 6.79.